The molecule has 13 heteroatoms. The van der Waals surface area contributed by atoms with E-state index >= 15 is 0 Å². The molecule has 0 saturated carbocycles. The summed E-state index contributed by atoms with van der Waals surface area (Å²) in [7, 11) is 1.99. The third kappa shape index (κ3) is 5.39. The largest absolute Gasteiger partial charge is 0.481 e. The van der Waals surface area contributed by atoms with Crippen molar-refractivity contribution in [2.45, 2.75) is 94.8 Å². The van der Waals surface area contributed by atoms with Gasteiger partial charge in [0.15, 0.2) is 12.2 Å². The van der Waals surface area contributed by atoms with E-state index in [1.54, 1.807) is 6.08 Å². The van der Waals surface area contributed by atoms with Gasteiger partial charge in [0.2, 0.25) is 5.91 Å². The number of aliphatic hydroxyl groups is 2. The fourth-order valence-electron chi connectivity index (χ4n) is 6.94. The molecule has 43 heavy (non-hydrogen) atoms. The normalized spacial score (nSPS) is 27.8. The number of rotatable bonds is 11. The summed E-state index contributed by atoms with van der Waals surface area (Å²) in [5.41, 5.74) is 5.85. The minimum Gasteiger partial charge on any atom is -0.481 e. The summed E-state index contributed by atoms with van der Waals surface area (Å²) in [6.07, 6.45) is 0.669. The molecule has 1 aromatic rings. The second-order valence-electron chi connectivity index (χ2n) is 11.5. The van der Waals surface area contributed by atoms with Gasteiger partial charge in [-0.15, -0.1) is 0 Å². The van der Waals surface area contributed by atoms with E-state index in [0.29, 0.717) is 30.7 Å². The van der Waals surface area contributed by atoms with Crippen molar-refractivity contribution in [2.24, 2.45) is 5.73 Å². The molecule has 0 unspecified atom stereocenters. The Morgan fingerprint density at radius 1 is 1.26 bits per heavy atom. The maximum atomic E-state index is 13.0. The molecule has 1 fully saturated rings. The Labute approximate surface area is 250 Å². The summed E-state index contributed by atoms with van der Waals surface area (Å²) in [6, 6.07) is 2.48. The van der Waals surface area contributed by atoms with Gasteiger partial charge in [0, 0.05) is 36.6 Å². The molecule has 5 rings (SSSR count). The first-order chi connectivity index (χ1) is 19.9. The smallest absolute Gasteiger partial charge is 0.352 e. The number of carbonyl (C=O) groups excluding carboxylic acids is 3. The number of hydrogen-bond acceptors (Lipinski definition) is 11. The number of esters is 2. The number of likely N-dealkylation sites (N-methyl/N-ethyl adjacent to an activating group) is 1. The molecule has 1 spiro atoms. The number of nitrogens with one attached hydrogen (secondary N) is 1. The van der Waals surface area contributed by atoms with Crippen LogP contribution in [0.5, 0.6) is 5.75 Å². The van der Waals surface area contributed by atoms with E-state index in [-0.39, 0.29) is 58.1 Å². The second kappa shape index (κ2) is 12.2. The van der Waals surface area contributed by atoms with Gasteiger partial charge in [-0.1, -0.05) is 19.6 Å². The van der Waals surface area contributed by atoms with Crippen LogP contribution in [0.25, 0.3) is 0 Å². The van der Waals surface area contributed by atoms with Gasteiger partial charge in [-0.05, 0) is 51.4 Å². The fraction of sp³-hybridized carbons (Fsp3) is 0.600. The standard InChI is InChI=1S/C29H37N3O10.CH4/c1-15(40-22(35)8-11-31-21(34)6-5-18(30)26(36)37)27(38)41-19-7-9-29(39)20-13-16-3-4-17(14-33)24-23(16)28(29,25(19)42-24)10-12-32(20)2;/h3-4,7,15,18,20,25,33,39H,5-6,8-14,30H2,1-2H3,(H,31,34)(H,36,37);1H4/t15-,18-,20+,25-,28-,29+;/m0./s1. The predicted octanol–water partition coefficient (Wildman–Crippen LogP) is 0.266. The molecular formula is C30H41N3O10. The molecule has 2 heterocycles. The van der Waals surface area contributed by atoms with Gasteiger partial charge in [0.1, 0.15) is 17.6 Å². The summed E-state index contributed by atoms with van der Waals surface area (Å²) in [5, 5.41) is 33.5. The zero-order valence-corrected chi connectivity index (χ0v) is 23.6. The van der Waals surface area contributed by atoms with E-state index in [1.807, 2.05) is 19.2 Å². The summed E-state index contributed by atoms with van der Waals surface area (Å²) in [6.45, 7) is 1.78. The van der Waals surface area contributed by atoms with Crippen molar-refractivity contribution in [1.29, 1.82) is 0 Å². The summed E-state index contributed by atoms with van der Waals surface area (Å²) in [5.74, 6) is -2.46. The van der Waals surface area contributed by atoms with Gasteiger partial charge < -0.3 is 45.5 Å². The van der Waals surface area contributed by atoms with Crippen molar-refractivity contribution >= 4 is 23.8 Å². The second-order valence-corrected chi connectivity index (χ2v) is 11.5. The molecule has 6 N–H and O–H groups in total. The lowest BCUT2D eigenvalue weighted by Crippen LogP contribution is -2.74. The highest BCUT2D eigenvalue weighted by molar-refractivity contribution is 5.81. The number of likely N-dealkylation sites (tertiary alicyclic amines) is 1. The lowest BCUT2D eigenvalue weighted by atomic mass is 9.50. The molecule has 2 bridgehead atoms. The number of nitrogens with two attached hydrogens (primary N) is 1. The van der Waals surface area contributed by atoms with E-state index in [9.17, 15) is 29.4 Å². The molecule has 1 aromatic carbocycles. The molecule has 6 atom stereocenters. The zero-order valence-electron chi connectivity index (χ0n) is 23.6. The maximum absolute atomic E-state index is 13.0. The van der Waals surface area contributed by atoms with Gasteiger partial charge in [-0.2, -0.15) is 0 Å². The van der Waals surface area contributed by atoms with Crippen LogP contribution >= 0.6 is 0 Å². The quantitative estimate of drug-likeness (QED) is 0.217. The Kier molecular flexibility index (Phi) is 9.21. The number of nitrogens with zero attached hydrogens (tertiary/aromatic N) is 1. The van der Waals surface area contributed by atoms with Crippen molar-refractivity contribution in [3.05, 3.63) is 40.7 Å². The van der Waals surface area contributed by atoms with Crippen LogP contribution in [0, 0.1) is 0 Å². The van der Waals surface area contributed by atoms with Crippen LogP contribution < -0.4 is 15.8 Å². The van der Waals surface area contributed by atoms with Crippen LogP contribution in [-0.2, 0) is 47.1 Å². The Morgan fingerprint density at radius 2 is 2.00 bits per heavy atom. The molecule has 236 valence electrons. The lowest BCUT2D eigenvalue weighted by Gasteiger charge is -2.61. The van der Waals surface area contributed by atoms with Crippen molar-refractivity contribution in [3.8, 4) is 5.75 Å². The van der Waals surface area contributed by atoms with Crippen LogP contribution in [0.1, 0.15) is 63.1 Å². The molecule has 2 aliphatic carbocycles. The Bertz CT molecular complexity index is 1330. The Hall–Kier alpha value is -3.52. The Balaban J connectivity index is 0.00000423. The molecular weight excluding hydrogens is 562 g/mol. The third-order valence-corrected chi connectivity index (χ3v) is 9.14. The van der Waals surface area contributed by atoms with Crippen LogP contribution in [0.3, 0.4) is 0 Å². The van der Waals surface area contributed by atoms with Gasteiger partial charge >= 0.3 is 17.9 Å². The first kappa shape index (κ1) is 32.4. The average molecular weight is 604 g/mol. The number of aliphatic hydroxyl groups excluding tert-OH is 1. The fourth-order valence-corrected chi connectivity index (χ4v) is 6.94. The summed E-state index contributed by atoms with van der Waals surface area (Å²) < 4.78 is 17.4. The highest BCUT2D eigenvalue weighted by Crippen LogP contribution is 2.64. The van der Waals surface area contributed by atoms with E-state index < -0.39 is 53.1 Å². The topological polar surface area (TPSA) is 198 Å². The van der Waals surface area contributed by atoms with Gasteiger partial charge in [-0.3, -0.25) is 14.4 Å². The number of carboxylic acid groups (broad SMARTS) is 1. The maximum Gasteiger partial charge on any atom is 0.352 e. The van der Waals surface area contributed by atoms with Crippen LogP contribution in [-0.4, -0.2) is 94.1 Å². The zero-order chi connectivity index (χ0) is 30.4. The van der Waals surface area contributed by atoms with Crippen LogP contribution in [0.2, 0.25) is 0 Å². The van der Waals surface area contributed by atoms with E-state index in [0.717, 1.165) is 11.1 Å². The molecule has 2 aliphatic heterocycles. The SMILES string of the molecule is C.C[C@H](OC(=O)CCNC(=O)CC[C@H](N)C(=O)O)C(=O)OC1=CC[C@@]2(O)[C@H]3Cc4ccc(CO)c5c4[C@@]2(CCN3C)[C@H]1O5. The number of carbonyl (C=O) groups is 4. The number of carboxylic acids is 1. The number of benzene rings is 1. The van der Waals surface area contributed by atoms with E-state index in [1.165, 1.54) is 6.92 Å². The van der Waals surface area contributed by atoms with Crippen molar-refractivity contribution in [1.82, 2.24) is 10.2 Å². The monoisotopic (exact) mass is 603 g/mol. The molecule has 0 radical (unpaired) electrons. The molecule has 1 amide bonds. The number of aliphatic carboxylic acids is 1. The molecule has 13 nitrogen and oxygen atoms in total. The Morgan fingerprint density at radius 3 is 2.70 bits per heavy atom. The van der Waals surface area contributed by atoms with Crippen molar-refractivity contribution in [3.63, 3.8) is 0 Å². The van der Waals surface area contributed by atoms with Gasteiger partial charge in [-0.25, -0.2) is 4.79 Å². The van der Waals surface area contributed by atoms with Gasteiger partial charge in [0.05, 0.1) is 24.0 Å². The van der Waals surface area contributed by atoms with Gasteiger partial charge in [0.25, 0.3) is 0 Å². The summed E-state index contributed by atoms with van der Waals surface area (Å²) in [4.78, 5) is 50.1. The first-order valence-electron chi connectivity index (χ1n) is 14.1. The van der Waals surface area contributed by atoms with Crippen molar-refractivity contribution < 1.29 is 48.7 Å². The van der Waals surface area contributed by atoms with Crippen molar-refractivity contribution in [2.75, 3.05) is 20.1 Å². The van der Waals surface area contributed by atoms with Crippen LogP contribution in [0.15, 0.2) is 24.0 Å². The number of hydrogen-bond donors (Lipinski definition) is 5. The van der Waals surface area contributed by atoms with Crippen LogP contribution in [0.4, 0.5) is 0 Å². The highest BCUT2D eigenvalue weighted by Gasteiger charge is 2.71. The first-order valence-corrected chi connectivity index (χ1v) is 14.1. The molecule has 0 aromatic heterocycles. The minimum absolute atomic E-state index is 0. The average Bonchev–Trinajstić information content (AvgIpc) is 3.30. The molecule has 1 saturated heterocycles. The highest BCUT2D eigenvalue weighted by atomic mass is 16.6. The minimum atomic E-state index is -1.26. The third-order valence-electron chi connectivity index (χ3n) is 9.14. The summed E-state index contributed by atoms with van der Waals surface area (Å²) >= 11 is 0. The number of amides is 1. The molecule has 4 aliphatic rings. The predicted molar refractivity (Wildman–Crippen MR) is 152 cm³/mol. The van der Waals surface area contributed by atoms with E-state index in [4.69, 9.17) is 25.1 Å². The number of piperidine rings is 1. The number of ether oxygens (including phenoxy) is 3. The van der Waals surface area contributed by atoms with E-state index in [2.05, 4.69) is 10.2 Å². The lowest BCUT2D eigenvalue weighted by molar-refractivity contribution is -0.175.